The molecule has 3 nitrogen and oxygen atoms in total. The third-order valence-corrected chi connectivity index (χ3v) is 5.55. The highest BCUT2D eigenvalue weighted by molar-refractivity contribution is 9.09. The van der Waals surface area contributed by atoms with Crippen LogP contribution in [0.2, 0.25) is 0 Å². The van der Waals surface area contributed by atoms with Gasteiger partial charge in [-0.2, -0.15) is 0 Å². The molecule has 0 aromatic carbocycles. The topological polar surface area (TPSA) is 37.4 Å². The maximum atomic E-state index is 11.9. The average molecular weight is 298 g/mol. The quantitative estimate of drug-likeness (QED) is 0.746. The number of nitrogens with zero attached hydrogens (tertiary/aromatic N) is 1. The molecule has 1 fully saturated rings. The van der Waals surface area contributed by atoms with Crippen LogP contribution in [0.4, 0.5) is 0 Å². The second-order valence-corrected chi connectivity index (χ2v) is 7.96. The van der Waals surface area contributed by atoms with E-state index in [9.17, 15) is 8.42 Å². The van der Waals surface area contributed by atoms with Crippen LogP contribution >= 0.6 is 15.9 Å². The van der Waals surface area contributed by atoms with Crippen LogP contribution in [0.15, 0.2) is 0 Å². The zero-order valence-electron chi connectivity index (χ0n) is 9.45. The molecule has 5 heteroatoms. The Kier molecular flexibility index (Phi) is 5.06. The molecule has 1 rings (SSSR count). The van der Waals surface area contributed by atoms with E-state index < -0.39 is 10.0 Å². The van der Waals surface area contributed by atoms with Crippen molar-refractivity contribution in [1.29, 1.82) is 0 Å². The minimum atomic E-state index is -2.99. The first-order valence-corrected chi connectivity index (χ1v) is 8.06. The third kappa shape index (κ3) is 4.41. The molecular weight excluding hydrogens is 278 g/mol. The molecule has 0 radical (unpaired) electrons. The van der Waals surface area contributed by atoms with Crippen molar-refractivity contribution in [3.8, 4) is 0 Å². The first-order valence-electron chi connectivity index (χ1n) is 5.53. The lowest BCUT2D eigenvalue weighted by atomic mass is 10.2. The molecule has 0 aliphatic carbocycles. The predicted molar refractivity (Wildman–Crippen MR) is 66.8 cm³/mol. The maximum Gasteiger partial charge on any atom is 0.214 e. The molecule has 0 atom stereocenters. The van der Waals surface area contributed by atoms with Gasteiger partial charge in [-0.25, -0.2) is 12.7 Å². The number of sulfonamides is 1. The summed E-state index contributed by atoms with van der Waals surface area (Å²) in [7, 11) is -2.99. The Morgan fingerprint density at radius 1 is 1.33 bits per heavy atom. The molecule has 90 valence electrons. The van der Waals surface area contributed by atoms with Gasteiger partial charge in [-0.05, 0) is 25.2 Å². The van der Waals surface area contributed by atoms with Gasteiger partial charge in [0.2, 0.25) is 10.0 Å². The second-order valence-electron chi connectivity index (χ2n) is 4.57. The van der Waals surface area contributed by atoms with Crippen molar-refractivity contribution in [3.63, 3.8) is 0 Å². The second kappa shape index (κ2) is 5.64. The van der Waals surface area contributed by atoms with Gasteiger partial charge in [-0.3, -0.25) is 0 Å². The fourth-order valence-corrected chi connectivity index (χ4v) is 3.82. The number of halogens is 1. The number of alkyl halides is 1. The molecule has 0 saturated carbocycles. The summed E-state index contributed by atoms with van der Waals surface area (Å²) in [4.78, 5) is 0.494. The molecule has 1 aliphatic heterocycles. The average Bonchev–Trinajstić information content (AvgIpc) is 2.16. The van der Waals surface area contributed by atoms with Gasteiger partial charge in [0.05, 0.1) is 5.75 Å². The highest BCUT2D eigenvalue weighted by atomic mass is 79.9. The van der Waals surface area contributed by atoms with Crippen LogP contribution < -0.4 is 0 Å². The summed E-state index contributed by atoms with van der Waals surface area (Å²) in [6.07, 6.45) is 2.62. The van der Waals surface area contributed by atoms with E-state index in [1.807, 2.05) is 0 Å². The first kappa shape index (κ1) is 13.5. The Morgan fingerprint density at radius 3 is 2.33 bits per heavy atom. The van der Waals surface area contributed by atoms with E-state index in [1.165, 1.54) is 0 Å². The number of hydrogen-bond acceptors (Lipinski definition) is 2. The summed E-state index contributed by atoms with van der Waals surface area (Å²) in [5.74, 6) is 0.755. The first-order chi connectivity index (χ1) is 6.92. The number of piperidine rings is 1. The highest BCUT2D eigenvalue weighted by Crippen LogP contribution is 2.20. The van der Waals surface area contributed by atoms with Gasteiger partial charge < -0.3 is 0 Å². The van der Waals surface area contributed by atoms with Crippen molar-refractivity contribution < 1.29 is 8.42 Å². The zero-order chi connectivity index (χ0) is 11.5. The van der Waals surface area contributed by atoms with Crippen LogP contribution in [-0.2, 0) is 10.0 Å². The van der Waals surface area contributed by atoms with Crippen LogP contribution in [0.25, 0.3) is 0 Å². The van der Waals surface area contributed by atoms with Crippen molar-refractivity contribution in [2.75, 3.05) is 18.8 Å². The van der Waals surface area contributed by atoms with Crippen molar-refractivity contribution >= 4 is 26.0 Å². The minimum absolute atomic E-state index is 0.303. The van der Waals surface area contributed by atoms with Crippen LogP contribution in [0.5, 0.6) is 0 Å². The maximum absolute atomic E-state index is 11.9. The van der Waals surface area contributed by atoms with Crippen LogP contribution in [-0.4, -0.2) is 36.4 Å². The van der Waals surface area contributed by atoms with E-state index in [-0.39, 0.29) is 0 Å². The smallest absolute Gasteiger partial charge is 0.212 e. The summed E-state index contributed by atoms with van der Waals surface area (Å²) in [5, 5.41) is 0. The van der Waals surface area contributed by atoms with Gasteiger partial charge in [0.15, 0.2) is 0 Å². The number of hydrogen-bond donors (Lipinski definition) is 0. The van der Waals surface area contributed by atoms with Crippen LogP contribution in [0.1, 0.15) is 33.1 Å². The highest BCUT2D eigenvalue weighted by Gasteiger charge is 2.26. The monoisotopic (exact) mass is 297 g/mol. The molecule has 1 heterocycles. The fourth-order valence-electron chi connectivity index (χ4n) is 1.62. The summed E-state index contributed by atoms with van der Waals surface area (Å²) in [6, 6.07) is 0. The van der Waals surface area contributed by atoms with E-state index in [1.54, 1.807) is 4.31 Å². The lowest BCUT2D eigenvalue weighted by Crippen LogP contribution is -2.40. The Labute approximate surface area is 101 Å². The van der Waals surface area contributed by atoms with E-state index in [0.29, 0.717) is 29.6 Å². The molecule has 0 aromatic heterocycles. The lowest BCUT2D eigenvalue weighted by Gasteiger charge is -2.28. The molecule has 0 N–H and O–H groups in total. The zero-order valence-corrected chi connectivity index (χ0v) is 11.8. The molecule has 15 heavy (non-hydrogen) atoms. The van der Waals surface area contributed by atoms with Gasteiger partial charge in [-0.15, -0.1) is 0 Å². The summed E-state index contributed by atoms with van der Waals surface area (Å²) in [5.41, 5.74) is 0. The Morgan fingerprint density at radius 2 is 1.87 bits per heavy atom. The molecule has 1 saturated heterocycles. The van der Waals surface area contributed by atoms with Crippen LogP contribution in [0.3, 0.4) is 0 Å². The van der Waals surface area contributed by atoms with E-state index >= 15 is 0 Å². The Hall–Kier alpha value is 0.390. The van der Waals surface area contributed by atoms with Gasteiger partial charge in [0.25, 0.3) is 0 Å². The summed E-state index contributed by atoms with van der Waals surface area (Å²) >= 11 is 3.52. The molecule has 0 aromatic rings. The largest absolute Gasteiger partial charge is 0.214 e. The molecule has 0 bridgehead atoms. The van der Waals surface area contributed by atoms with E-state index in [0.717, 1.165) is 19.3 Å². The standard InChI is InChI=1S/C10H20BrNO2S/c1-9(2)5-8-15(13,14)12-6-3-10(11)4-7-12/h9-10H,3-8H2,1-2H3. The molecular formula is C10H20BrNO2S. The SMILES string of the molecule is CC(C)CCS(=O)(=O)N1CCC(Br)CC1. The Bertz CT molecular complexity index is 282. The van der Waals surface area contributed by atoms with Crippen molar-refractivity contribution in [1.82, 2.24) is 4.31 Å². The van der Waals surface area contributed by atoms with Crippen molar-refractivity contribution in [2.45, 2.75) is 37.9 Å². The predicted octanol–water partition coefficient (Wildman–Crippen LogP) is 2.22. The molecule has 0 spiro atoms. The number of rotatable bonds is 4. The Balaban J connectivity index is 2.47. The van der Waals surface area contributed by atoms with Gasteiger partial charge in [0.1, 0.15) is 0 Å². The lowest BCUT2D eigenvalue weighted by molar-refractivity contribution is 0.353. The van der Waals surface area contributed by atoms with Crippen LogP contribution in [0, 0.1) is 5.92 Å². The molecule has 0 unspecified atom stereocenters. The summed E-state index contributed by atoms with van der Waals surface area (Å²) < 4.78 is 25.5. The van der Waals surface area contributed by atoms with Crippen molar-refractivity contribution in [3.05, 3.63) is 0 Å². The van der Waals surface area contributed by atoms with Gasteiger partial charge >= 0.3 is 0 Å². The molecule has 1 aliphatic rings. The molecule has 0 amide bonds. The van der Waals surface area contributed by atoms with Gasteiger partial charge in [-0.1, -0.05) is 29.8 Å². The fraction of sp³-hybridized carbons (Fsp3) is 1.00. The minimum Gasteiger partial charge on any atom is -0.212 e. The third-order valence-electron chi connectivity index (χ3n) is 2.73. The van der Waals surface area contributed by atoms with E-state index in [4.69, 9.17) is 0 Å². The van der Waals surface area contributed by atoms with Crippen molar-refractivity contribution in [2.24, 2.45) is 5.92 Å². The summed E-state index contributed by atoms with van der Waals surface area (Å²) in [6.45, 7) is 5.47. The normalized spacial score (nSPS) is 21.1. The van der Waals surface area contributed by atoms with Gasteiger partial charge in [0, 0.05) is 17.9 Å². The van der Waals surface area contributed by atoms with E-state index in [2.05, 4.69) is 29.8 Å².